The molecule has 4 rings (SSSR count). The second-order valence-corrected chi connectivity index (χ2v) is 8.85. The summed E-state index contributed by atoms with van der Waals surface area (Å²) < 4.78 is 23.0. The molecule has 2 aromatic rings. The van der Waals surface area contributed by atoms with Crippen molar-refractivity contribution in [2.45, 2.75) is 42.5 Å². The molecule has 8 heteroatoms. The molecule has 1 aromatic carbocycles. The summed E-state index contributed by atoms with van der Waals surface area (Å²) in [7, 11) is -3.79. The van der Waals surface area contributed by atoms with E-state index < -0.39 is 10.0 Å². The fraction of sp³-hybridized carbons (Fsp3) is 0.300. The van der Waals surface area contributed by atoms with Crippen molar-refractivity contribution in [3.63, 3.8) is 0 Å². The molecule has 1 atom stereocenters. The summed E-state index contributed by atoms with van der Waals surface area (Å²) in [6.45, 7) is 0. The highest BCUT2D eigenvalue weighted by Crippen LogP contribution is 2.38. The molecule has 1 aliphatic carbocycles. The number of H-pyrrole nitrogens is 1. The summed E-state index contributed by atoms with van der Waals surface area (Å²) in [5, 5.41) is 8.07. The summed E-state index contributed by atoms with van der Waals surface area (Å²) in [5.74, 6) is 0.330. The molecule has 1 aliphatic heterocycles. The van der Waals surface area contributed by atoms with E-state index in [0.717, 1.165) is 29.5 Å². The number of carbonyl (C=O) groups excluding carboxylic acids is 1. The van der Waals surface area contributed by atoms with E-state index in [4.69, 9.17) is 5.14 Å². The number of aromatic amines is 1. The van der Waals surface area contributed by atoms with E-state index in [0.29, 0.717) is 24.5 Å². The van der Waals surface area contributed by atoms with Gasteiger partial charge >= 0.3 is 0 Å². The first-order valence-electron chi connectivity index (χ1n) is 9.19. The zero-order chi connectivity index (χ0) is 19.9. The quantitative estimate of drug-likeness (QED) is 0.707. The molecule has 1 saturated heterocycles. The van der Waals surface area contributed by atoms with Gasteiger partial charge in [-0.15, -0.1) is 0 Å². The lowest BCUT2D eigenvalue weighted by Crippen LogP contribution is -2.23. The Morgan fingerprint density at radius 2 is 1.75 bits per heavy atom. The third kappa shape index (κ3) is 3.93. The summed E-state index contributed by atoms with van der Waals surface area (Å²) in [6.07, 6.45) is 5.10. The molecule has 4 N–H and O–H groups in total. The normalized spacial score (nSPS) is 20.2. The van der Waals surface area contributed by atoms with Crippen LogP contribution < -0.4 is 16.0 Å². The van der Waals surface area contributed by atoms with Crippen molar-refractivity contribution >= 4 is 21.5 Å². The maximum Gasteiger partial charge on any atom is 0.251 e. The summed E-state index contributed by atoms with van der Waals surface area (Å²) in [4.78, 5) is 27.0. The maximum atomic E-state index is 12.5. The third-order valence-corrected chi connectivity index (χ3v) is 6.07. The number of pyridine rings is 1. The highest BCUT2D eigenvalue weighted by atomic mass is 32.2. The number of hydrogen-bond acceptors (Lipinski definition) is 4. The predicted octanol–water partition coefficient (Wildman–Crippen LogP) is 1.61. The molecule has 0 radical (unpaired) electrons. The van der Waals surface area contributed by atoms with Crippen LogP contribution >= 0.6 is 0 Å². The number of nitrogens with two attached hydrogens (primary N) is 1. The lowest BCUT2D eigenvalue weighted by atomic mass is 9.98. The molecule has 7 nitrogen and oxygen atoms in total. The van der Waals surface area contributed by atoms with Gasteiger partial charge < -0.3 is 10.3 Å². The van der Waals surface area contributed by atoms with Crippen LogP contribution in [0.1, 0.15) is 48.4 Å². The van der Waals surface area contributed by atoms with Crippen molar-refractivity contribution in [3.05, 3.63) is 69.6 Å². The van der Waals surface area contributed by atoms with E-state index in [1.165, 1.54) is 12.1 Å². The van der Waals surface area contributed by atoms with Gasteiger partial charge in [-0.2, -0.15) is 0 Å². The summed E-state index contributed by atoms with van der Waals surface area (Å²) in [5.41, 5.74) is 2.76. The lowest BCUT2D eigenvalue weighted by molar-refractivity contribution is -0.119. The van der Waals surface area contributed by atoms with Gasteiger partial charge in [-0.25, -0.2) is 13.6 Å². The minimum absolute atomic E-state index is 0.0113. The van der Waals surface area contributed by atoms with Gasteiger partial charge in [0.05, 0.1) is 4.90 Å². The number of primary sulfonamides is 1. The van der Waals surface area contributed by atoms with Gasteiger partial charge in [0.15, 0.2) is 0 Å². The molecule has 28 heavy (non-hydrogen) atoms. The van der Waals surface area contributed by atoms with Crippen LogP contribution in [0.4, 0.5) is 0 Å². The van der Waals surface area contributed by atoms with Crippen LogP contribution in [0.15, 0.2) is 52.2 Å². The number of amides is 1. The molecular formula is C20H21N3O4S. The number of hydrogen-bond donors (Lipinski definition) is 3. The Morgan fingerprint density at radius 3 is 2.29 bits per heavy atom. The SMILES string of the molecule is NS(=O)(=O)c1ccc(C(=C[C@H]2CCC(=O)N2)c2ccc(C3CC3)c(=O)[nH]2)cc1. The van der Waals surface area contributed by atoms with E-state index in [2.05, 4.69) is 10.3 Å². The van der Waals surface area contributed by atoms with Crippen LogP contribution in [0.2, 0.25) is 0 Å². The molecule has 1 saturated carbocycles. The van der Waals surface area contributed by atoms with E-state index in [9.17, 15) is 18.0 Å². The number of sulfonamides is 1. The largest absolute Gasteiger partial charge is 0.350 e. The van der Waals surface area contributed by atoms with Crippen molar-refractivity contribution in [2.75, 3.05) is 0 Å². The number of benzene rings is 1. The fourth-order valence-electron chi connectivity index (χ4n) is 3.49. The topological polar surface area (TPSA) is 122 Å². The summed E-state index contributed by atoms with van der Waals surface area (Å²) in [6, 6.07) is 9.74. The first kappa shape index (κ1) is 18.6. The fourth-order valence-corrected chi connectivity index (χ4v) is 4.00. The zero-order valence-corrected chi connectivity index (χ0v) is 16.0. The van der Waals surface area contributed by atoms with Gasteiger partial charge in [-0.3, -0.25) is 9.59 Å². The summed E-state index contributed by atoms with van der Waals surface area (Å²) >= 11 is 0. The second-order valence-electron chi connectivity index (χ2n) is 7.29. The highest BCUT2D eigenvalue weighted by molar-refractivity contribution is 7.89. The molecule has 0 bridgehead atoms. The van der Waals surface area contributed by atoms with E-state index in [1.54, 1.807) is 12.1 Å². The number of aromatic nitrogens is 1. The maximum absolute atomic E-state index is 12.5. The van der Waals surface area contributed by atoms with Crippen molar-refractivity contribution in [1.29, 1.82) is 0 Å². The Hall–Kier alpha value is -2.71. The van der Waals surface area contributed by atoms with Gasteiger partial charge in [-0.1, -0.05) is 24.3 Å². The van der Waals surface area contributed by atoms with E-state index in [-0.39, 0.29) is 22.4 Å². The second kappa shape index (κ2) is 7.03. The minimum atomic E-state index is -3.79. The Balaban J connectivity index is 1.76. The Bertz CT molecular complexity index is 1110. The van der Waals surface area contributed by atoms with Crippen molar-refractivity contribution < 1.29 is 13.2 Å². The molecule has 1 aromatic heterocycles. The zero-order valence-electron chi connectivity index (χ0n) is 15.1. The molecular weight excluding hydrogens is 378 g/mol. The van der Waals surface area contributed by atoms with Gasteiger partial charge in [-0.05, 0) is 48.9 Å². The van der Waals surface area contributed by atoms with Gasteiger partial charge in [0.25, 0.3) is 5.56 Å². The molecule has 2 heterocycles. The molecule has 2 fully saturated rings. The van der Waals surface area contributed by atoms with Crippen molar-refractivity contribution in [3.8, 4) is 0 Å². The van der Waals surface area contributed by atoms with Gasteiger partial charge in [0.1, 0.15) is 0 Å². The van der Waals surface area contributed by atoms with Crippen LogP contribution in [0.25, 0.3) is 5.57 Å². The van der Waals surface area contributed by atoms with Crippen molar-refractivity contribution in [2.24, 2.45) is 5.14 Å². The first-order valence-corrected chi connectivity index (χ1v) is 10.7. The molecule has 1 amide bonds. The lowest BCUT2D eigenvalue weighted by Gasteiger charge is -2.13. The molecule has 0 spiro atoms. The number of nitrogens with one attached hydrogen (secondary N) is 2. The highest BCUT2D eigenvalue weighted by Gasteiger charge is 2.26. The molecule has 146 valence electrons. The van der Waals surface area contributed by atoms with Gasteiger partial charge in [0.2, 0.25) is 15.9 Å². The van der Waals surface area contributed by atoms with Crippen LogP contribution in [-0.4, -0.2) is 25.4 Å². The Labute approximate surface area is 162 Å². The average Bonchev–Trinajstić information content (AvgIpc) is 3.40. The van der Waals surface area contributed by atoms with E-state index >= 15 is 0 Å². The Morgan fingerprint density at radius 1 is 1.04 bits per heavy atom. The van der Waals surface area contributed by atoms with E-state index in [1.807, 2.05) is 18.2 Å². The molecule has 2 aliphatic rings. The standard InChI is InChI=1S/C20H21N3O4S/c21-28(26,27)15-6-3-13(4-7-15)17(11-14-5-10-19(24)22-14)18-9-8-16(12-1-2-12)20(25)23-18/h3-4,6-9,11-12,14H,1-2,5,10H2,(H,22,24)(H,23,25)(H2,21,26,27)/t14-/m1/s1. The smallest absolute Gasteiger partial charge is 0.251 e. The average molecular weight is 399 g/mol. The van der Waals surface area contributed by atoms with Crippen LogP contribution in [0.3, 0.4) is 0 Å². The number of carbonyl (C=O) groups is 1. The van der Waals surface area contributed by atoms with Crippen LogP contribution in [0.5, 0.6) is 0 Å². The number of rotatable bonds is 5. The third-order valence-electron chi connectivity index (χ3n) is 5.14. The van der Waals surface area contributed by atoms with Gasteiger partial charge in [0, 0.05) is 29.3 Å². The molecule has 0 unspecified atom stereocenters. The van der Waals surface area contributed by atoms with Crippen LogP contribution in [-0.2, 0) is 14.8 Å². The minimum Gasteiger partial charge on any atom is -0.350 e. The predicted molar refractivity (Wildman–Crippen MR) is 105 cm³/mol. The van der Waals surface area contributed by atoms with Crippen molar-refractivity contribution in [1.82, 2.24) is 10.3 Å². The Kier molecular flexibility index (Phi) is 4.68. The monoisotopic (exact) mass is 399 g/mol. The van der Waals surface area contributed by atoms with Crippen LogP contribution in [0, 0.1) is 0 Å². The first-order chi connectivity index (χ1) is 13.3.